The molecule has 4 nitrogen and oxygen atoms in total. The number of Topliss-reactive ketones (excluding diaryl/α,β-unsaturated/α-hetero) is 1. The normalized spacial score (nSPS) is 9.73. The molecule has 0 bridgehead atoms. The van der Waals surface area contributed by atoms with Crippen molar-refractivity contribution in [2.24, 2.45) is 0 Å². The van der Waals surface area contributed by atoms with Crippen LogP contribution in [0.3, 0.4) is 0 Å². The summed E-state index contributed by atoms with van der Waals surface area (Å²) in [7, 11) is 0. The van der Waals surface area contributed by atoms with Gasteiger partial charge in [0.25, 0.3) is 0 Å². The van der Waals surface area contributed by atoms with Crippen molar-refractivity contribution in [2.75, 3.05) is 0 Å². The Morgan fingerprint density at radius 3 is 2.53 bits per heavy atom. The molecule has 0 aliphatic carbocycles. The SMILES string of the molecule is CC(=O)NCc1ccc(O)c(C(C)=O)c1. The highest BCUT2D eigenvalue weighted by Crippen LogP contribution is 2.18. The van der Waals surface area contributed by atoms with Crippen molar-refractivity contribution < 1.29 is 14.7 Å². The molecule has 0 radical (unpaired) electrons. The lowest BCUT2D eigenvalue weighted by atomic mass is 10.1. The van der Waals surface area contributed by atoms with Crippen LogP contribution in [0, 0.1) is 0 Å². The van der Waals surface area contributed by atoms with Gasteiger partial charge in [-0.15, -0.1) is 0 Å². The summed E-state index contributed by atoms with van der Waals surface area (Å²) in [6.45, 7) is 3.17. The van der Waals surface area contributed by atoms with Crippen LogP contribution in [0.1, 0.15) is 29.8 Å². The zero-order valence-corrected chi connectivity index (χ0v) is 8.70. The van der Waals surface area contributed by atoms with Crippen LogP contribution in [0.4, 0.5) is 0 Å². The van der Waals surface area contributed by atoms with E-state index < -0.39 is 0 Å². The van der Waals surface area contributed by atoms with Gasteiger partial charge in [-0.05, 0) is 24.6 Å². The minimum Gasteiger partial charge on any atom is -0.507 e. The summed E-state index contributed by atoms with van der Waals surface area (Å²) >= 11 is 0. The predicted octanol–water partition coefficient (Wildman–Crippen LogP) is 1.23. The molecule has 2 N–H and O–H groups in total. The Hall–Kier alpha value is -1.84. The second-order valence-corrected chi connectivity index (χ2v) is 3.32. The monoisotopic (exact) mass is 207 g/mol. The van der Waals surface area contributed by atoms with Crippen LogP contribution in [0.15, 0.2) is 18.2 Å². The number of hydrogen-bond acceptors (Lipinski definition) is 3. The van der Waals surface area contributed by atoms with Gasteiger partial charge in [0.05, 0.1) is 5.56 Å². The average Bonchev–Trinajstić information content (AvgIpc) is 2.16. The number of phenols is 1. The Labute approximate surface area is 87.9 Å². The molecule has 0 aromatic heterocycles. The molecule has 0 atom stereocenters. The van der Waals surface area contributed by atoms with Gasteiger partial charge in [0.1, 0.15) is 5.75 Å². The second kappa shape index (κ2) is 4.59. The minimum absolute atomic E-state index is 0.0333. The summed E-state index contributed by atoms with van der Waals surface area (Å²) in [5.41, 5.74) is 1.06. The third-order valence-electron chi connectivity index (χ3n) is 1.98. The van der Waals surface area contributed by atoms with Gasteiger partial charge in [-0.25, -0.2) is 0 Å². The van der Waals surface area contributed by atoms with E-state index in [0.29, 0.717) is 6.54 Å². The van der Waals surface area contributed by atoms with Crippen molar-refractivity contribution in [3.63, 3.8) is 0 Å². The molecular formula is C11H13NO3. The van der Waals surface area contributed by atoms with E-state index >= 15 is 0 Å². The minimum atomic E-state index is -0.197. The molecule has 0 aliphatic rings. The van der Waals surface area contributed by atoms with Gasteiger partial charge in [-0.1, -0.05) is 6.07 Å². The predicted molar refractivity (Wildman–Crippen MR) is 55.6 cm³/mol. The van der Waals surface area contributed by atoms with E-state index in [4.69, 9.17) is 0 Å². The van der Waals surface area contributed by atoms with Crippen LogP contribution in [0.5, 0.6) is 5.75 Å². The summed E-state index contributed by atoms with van der Waals surface area (Å²) in [6.07, 6.45) is 0. The van der Waals surface area contributed by atoms with E-state index in [0.717, 1.165) is 5.56 Å². The molecule has 1 rings (SSSR count). The number of carbonyl (C=O) groups excluding carboxylic acids is 2. The summed E-state index contributed by atoms with van der Waals surface area (Å²) in [5.74, 6) is -0.362. The van der Waals surface area contributed by atoms with E-state index in [2.05, 4.69) is 5.32 Å². The molecule has 1 amide bonds. The van der Waals surface area contributed by atoms with E-state index in [1.807, 2.05) is 0 Å². The molecule has 80 valence electrons. The van der Waals surface area contributed by atoms with E-state index in [-0.39, 0.29) is 23.0 Å². The number of ketones is 1. The fourth-order valence-electron chi connectivity index (χ4n) is 1.20. The molecule has 4 heteroatoms. The summed E-state index contributed by atoms with van der Waals surface area (Å²) in [5, 5.41) is 12.0. The first kappa shape index (κ1) is 11.2. The quantitative estimate of drug-likeness (QED) is 0.732. The van der Waals surface area contributed by atoms with Gasteiger partial charge in [-0.3, -0.25) is 9.59 Å². The Morgan fingerprint density at radius 1 is 1.33 bits per heavy atom. The van der Waals surface area contributed by atoms with Gasteiger partial charge < -0.3 is 10.4 Å². The zero-order chi connectivity index (χ0) is 11.4. The van der Waals surface area contributed by atoms with Crippen molar-refractivity contribution >= 4 is 11.7 Å². The lowest BCUT2D eigenvalue weighted by Gasteiger charge is -2.05. The van der Waals surface area contributed by atoms with Crippen molar-refractivity contribution in [1.29, 1.82) is 0 Å². The molecule has 0 aliphatic heterocycles. The van der Waals surface area contributed by atoms with Crippen LogP contribution in [0.2, 0.25) is 0 Å². The molecule has 0 spiro atoms. The van der Waals surface area contributed by atoms with Crippen LogP contribution in [-0.2, 0) is 11.3 Å². The van der Waals surface area contributed by atoms with Gasteiger partial charge in [-0.2, -0.15) is 0 Å². The topological polar surface area (TPSA) is 66.4 Å². The third-order valence-corrected chi connectivity index (χ3v) is 1.98. The van der Waals surface area contributed by atoms with Gasteiger partial charge >= 0.3 is 0 Å². The molecule has 1 aromatic carbocycles. The Kier molecular flexibility index (Phi) is 3.44. The summed E-state index contributed by atoms with van der Waals surface area (Å²) < 4.78 is 0. The highest BCUT2D eigenvalue weighted by atomic mass is 16.3. The first-order chi connectivity index (χ1) is 7.00. The second-order valence-electron chi connectivity index (χ2n) is 3.32. The maximum atomic E-state index is 11.1. The van der Waals surface area contributed by atoms with Crippen molar-refractivity contribution in [3.8, 4) is 5.75 Å². The molecular weight excluding hydrogens is 194 g/mol. The Balaban J connectivity index is 2.87. The van der Waals surface area contributed by atoms with Gasteiger partial charge in [0.15, 0.2) is 5.78 Å². The van der Waals surface area contributed by atoms with Crippen molar-refractivity contribution in [1.82, 2.24) is 5.32 Å². The third kappa shape index (κ3) is 3.09. The highest BCUT2D eigenvalue weighted by molar-refractivity contribution is 5.96. The fourth-order valence-corrected chi connectivity index (χ4v) is 1.20. The molecule has 0 unspecified atom stereocenters. The number of benzene rings is 1. The molecule has 1 aromatic rings. The smallest absolute Gasteiger partial charge is 0.217 e. The standard InChI is InChI=1S/C11H13NO3/c1-7(13)10-5-9(3-4-11(10)15)6-12-8(2)14/h3-5,15H,6H2,1-2H3,(H,12,14). The number of phenolic OH excluding ortho intramolecular Hbond substituents is 1. The van der Waals surface area contributed by atoms with E-state index in [1.165, 1.54) is 19.9 Å². The molecule has 0 saturated carbocycles. The molecule has 0 fully saturated rings. The fraction of sp³-hybridized carbons (Fsp3) is 0.273. The number of hydrogen-bond donors (Lipinski definition) is 2. The van der Waals surface area contributed by atoms with E-state index in [1.54, 1.807) is 12.1 Å². The summed E-state index contributed by atoms with van der Waals surface area (Å²) in [6, 6.07) is 4.69. The van der Waals surface area contributed by atoms with Gasteiger partial charge in [0.2, 0.25) is 5.91 Å². The van der Waals surface area contributed by atoms with Crippen LogP contribution in [-0.4, -0.2) is 16.8 Å². The first-order valence-electron chi connectivity index (χ1n) is 4.58. The number of nitrogens with one attached hydrogen (secondary N) is 1. The largest absolute Gasteiger partial charge is 0.507 e. The number of rotatable bonds is 3. The highest BCUT2D eigenvalue weighted by Gasteiger charge is 2.07. The molecule has 0 saturated heterocycles. The first-order valence-corrected chi connectivity index (χ1v) is 4.58. The number of carbonyl (C=O) groups is 2. The number of amides is 1. The zero-order valence-electron chi connectivity index (χ0n) is 8.70. The van der Waals surface area contributed by atoms with E-state index in [9.17, 15) is 14.7 Å². The summed E-state index contributed by atoms with van der Waals surface area (Å²) in [4.78, 5) is 21.8. The maximum Gasteiger partial charge on any atom is 0.217 e. The molecule has 15 heavy (non-hydrogen) atoms. The number of aromatic hydroxyl groups is 1. The Morgan fingerprint density at radius 2 is 2.00 bits per heavy atom. The van der Waals surface area contributed by atoms with Crippen LogP contribution in [0.25, 0.3) is 0 Å². The van der Waals surface area contributed by atoms with Crippen LogP contribution >= 0.6 is 0 Å². The van der Waals surface area contributed by atoms with Crippen molar-refractivity contribution in [3.05, 3.63) is 29.3 Å². The average molecular weight is 207 g/mol. The van der Waals surface area contributed by atoms with Crippen LogP contribution < -0.4 is 5.32 Å². The molecule has 0 heterocycles. The van der Waals surface area contributed by atoms with Crippen molar-refractivity contribution in [2.45, 2.75) is 20.4 Å². The lowest BCUT2D eigenvalue weighted by Crippen LogP contribution is -2.19. The maximum absolute atomic E-state index is 11.1. The van der Waals surface area contributed by atoms with Gasteiger partial charge in [0, 0.05) is 13.5 Å². The lowest BCUT2D eigenvalue weighted by molar-refractivity contribution is -0.119. The Bertz CT molecular complexity index is 399.